The van der Waals surface area contributed by atoms with Crippen LogP contribution in [-0.2, 0) is 10.0 Å². The molecule has 19 heavy (non-hydrogen) atoms. The number of nitrogens with zero attached hydrogens (tertiary/aromatic N) is 2. The van der Waals surface area contributed by atoms with Gasteiger partial charge in [-0.15, -0.1) is 0 Å². The monoisotopic (exact) mass is 366 g/mol. The van der Waals surface area contributed by atoms with Gasteiger partial charge in [-0.1, -0.05) is 39.7 Å². The molecule has 1 aromatic rings. The SMILES string of the molecule is O=S(=O)(c1ccccc1Cl)N1CCN(CCBr)CC1. The number of benzene rings is 1. The molecule has 1 heterocycles. The van der Waals surface area contributed by atoms with E-state index in [9.17, 15) is 8.42 Å². The maximum atomic E-state index is 12.5. The zero-order valence-corrected chi connectivity index (χ0v) is 13.6. The zero-order valence-electron chi connectivity index (χ0n) is 10.4. The van der Waals surface area contributed by atoms with Crippen LogP contribution in [0.5, 0.6) is 0 Å². The van der Waals surface area contributed by atoms with E-state index in [-0.39, 0.29) is 9.92 Å². The van der Waals surface area contributed by atoms with Crippen LogP contribution in [0, 0.1) is 0 Å². The van der Waals surface area contributed by atoms with E-state index < -0.39 is 10.0 Å². The van der Waals surface area contributed by atoms with Gasteiger partial charge < -0.3 is 0 Å². The van der Waals surface area contributed by atoms with Crippen molar-refractivity contribution in [3.05, 3.63) is 29.3 Å². The molecular formula is C12H16BrClN2O2S. The number of alkyl halides is 1. The van der Waals surface area contributed by atoms with Crippen molar-refractivity contribution in [1.82, 2.24) is 9.21 Å². The quantitative estimate of drug-likeness (QED) is 0.765. The van der Waals surface area contributed by atoms with Crippen LogP contribution in [0.1, 0.15) is 0 Å². The highest BCUT2D eigenvalue weighted by Crippen LogP contribution is 2.24. The Kier molecular flexibility index (Phi) is 5.25. The predicted octanol–water partition coefficient (Wildman–Crippen LogP) is 2.04. The lowest BCUT2D eigenvalue weighted by Gasteiger charge is -2.33. The Morgan fingerprint density at radius 3 is 2.37 bits per heavy atom. The molecule has 1 saturated heterocycles. The topological polar surface area (TPSA) is 40.6 Å². The van der Waals surface area contributed by atoms with Crippen LogP contribution in [0.4, 0.5) is 0 Å². The average Bonchev–Trinajstić information content (AvgIpc) is 2.40. The predicted molar refractivity (Wildman–Crippen MR) is 80.4 cm³/mol. The standard InChI is InChI=1S/C12H16BrClN2O2S/c13-5-6-15-7-9-16(10-8-15)19(17,18)12-4-2-1-3-11(12)14/h1-4H,5-10H2. The lowest BCUT2D eigenvalue weighted by atomic mass is 10.4. The van der Waals surface area contributed by atoms with Crippen molar-refractivity contribution in [2.75, 3.05) is 38.1 Å². The zero-order chi connectivity index (χ0) is 13.9. The van der Waals surface area contributed by atoms with Gasteiger partial charge in [-0.2, -0.15) is 4.31 Å². The van der Waals surface area contributed by atoms with Gasteiger partial charge in [0.15, 0.2) is 0 Å². The largest absolute Gasteiger partial charge is 0.300 e. The van der Waals surface area contributed by atoms with Gasteiger partial charge in [-0.25, -0.2) is 8.42 Å². The van der Waals surface area contributed by atoms with Crippen LogP contribution in [-0.4, -0.2) is 55.7 Å². The van der Waals surface area contributed by atoms with Gasteiger partial charge in [0.25, 0.3) is 0 Å². The Bertz CT molecular complexity index is 530. The van der Waals surface area contributed by atoms with E-state index in [1.807, 2.05) is 0 Å². The van der Waals surface area contributed by atoms with Crippen molar-refractivity contribution in [2.45, 2.75) is 4.90 Å². The first kappa shape index (κ1) is 15.3. The van der Waals surface area contributed by atoms with Crippen LogP contribution >= 0.6 is 27.5 Å². The van der Waals surface area contributed by atoms with Crippen LogP contribution < -0.4 is 0 Å². The van der Waals surface area contributed by atoms with E-state index in [1.54, 1.807) is 24.3 Å². The van der Waals surface area contributed by atoms with Crippen LogP contribution in [0.15, 0.2) is 29.2 Å². The van der Waals surface area contributed by atoms with Crippen molar-refractivity contribution >= 4 is 37.6 Å². The first-order valence-electron chi connectivity index (χ1n) is 6.08. The van der Waals surface area contributed by atoms with E-state index in [0.717, 1.165) is 25.0 Å². The molecule has 4 nitrogen and oxygen atoms in total. The minimum atomic E-state index is -3.47. The molecule has 0 unspecified atom stereocenters. The minimum absolute atomic E-state index is 0.200. The first-order chi connectivity index (χ1) is 9.05. The summed E-state index contributed by atoms with van der Waals surface area (Å²) >= 11 is 9.38. The van der Waals surface area contributed by atoms with E-state index in [2.05, 4.69) is 20.8 Å². The summed E-state index contributed by atoms with van der Waals surface area (Å²) in [6.45, 7) is 3.49. The molecule has 0 bridgehead atoms. The fourth-order valence-electron chi connectivity index (χ4n) is 2.11. The maximum Gasteiger partial charge on any atom is 0.244 e. The summed E-state index contributed by atoms with van der Waals surface area (Å²) in [5.41, 5.74) is 0. The Hall–Kier alpha value is -0.140. The second-order valence-corrected chi connectivity index (χ2v) is 7.47. The number of sulfonamides is 1. The highest BCUT2D eigenvalue weighted by molar-refractivity contribution is 9.09. The number of hydrogen-bond acceptors (Lipinski definition) is 3. The molecule has 0 atom stereocenters. The van der Waals surface area contributed by atoms with E-state index in [4.69, 9.17) is 11.6 Å². The van der Waals surface area contributed by atoms with Crippen molar-refractivity contribution in [3.63, 3.8) is 0 Å². The van der Waals surface area contributed by atoms with Crippen molar-refractivity contribution < 1.29 is 8.42 Å². The summed E-state index contributed by atoms with van der Waals surface area (Å²) < 4.78 is 26.5. The van der Waals surface area contributed by atoms with Gasteiger partial charge in [0.1, 0.15) is 4.90 Å². The number of piperazine rings is 1. The number of halogens is 2. The Balaban J connectivity index is 2.12. The minimum Gasteiger partial charge on any atom is -0.300 e. The van der Waals surface area contributed by atoms with Gasteiger partial charge in [-0.05, 0) is 12.1 Å². The summed E-state index contributed by atoms with van der Waals surface area (Å²) in [6.07, 6.45) is 0. The molecule has 1 aromatic carbocycles. The lowest BCUT2D eigenvalue weighted by molar-refractivity contribution is 0.198. The maximum absolute atomic E-state index is 12.5. The molecule has 0 saturated carbocycles. The molecule has 1 aliphatic rings. The fraction of sp³-hybridized carbons (Fsp3) is 0.500. The van der Waals surface area contributed by atoms with Gasteiger partial charge in [0.05, 0.1) is 5.02 Å². The van der Waals surface area contributed by atoms with Crippen LogP contribution in [0.3, 0.4) is 0 Å². The third-order valence-corrected chi connectivity index (χ3v) is 5.94. The lowest BCUT2D eigenvalue weighted by Crippen LogP contribution is -2.48. The van der Waals surface area contributed by atoms with Gasteiger partial charge in [-0.3, -0.25) is 4.90 Å². The molecule has 0 amide bonds. The summed E-state index contributed by atoms with van der Waals surface area (Å²) in [5.74, 6) is 0. The summed E-state index contributed by atoms with van der Waals surface area (Å²) in [4.78, 5) is 2.44. The highest BCUT2D eigenvalue weighted by atomic mass is 79.9. The van der Waals surface area contributed by atoms with Crippen molar-refractivity contribution in [3.8, 4) is 0 Å². The third-order valence-electron chi connectivity index (χ3n) is 3.19. The molecule has 0 spiro atoms. The molecule has 0 aliphatic carbocycles. The molecule has 0 radical (unpaired) electrons. The Morgan fingerprint density at radius 1 is 1.16 bits per heavy atom. The molecule has 7 heteroatoms. The smallest absolute Gasteiger partial charge is 0.244 e. The molecule has 1 fully saturated rings. The van der Waals surface area contributed by atoms with Gasteiger partial charge in [0.2, 0.25) is 10.0 Å². The highest BCUT2D eigenvalue weighted by Gasteiger charge is 2.29. The fourth-order valence-corrected chi connectivity index (χ4v) is 4.52. The second-order valence-electron chi connectivity index (χ2n) is 4.37. The summed E-state index contributed by atoms with van der Waals surface area (Å²) in [5, 5.41) is 1.19. The summed E-state index contributed by atoms with van der Waals surface area (Å²) in [6, 6.07) is 6.59. The van der Waals surface area contributed by atoms with E-state index >= 15 is 0 Å². The third kappa shape index (κ3) is 3.49. The van der Waals surface area contributed by atoms with Gasteiger partial charge >= 0.3 is 0 Å². The van der Waals surface area contributed by atoms with Crippen LogP contribution in [0.25, 0.3) is 0 Å². The Labute approximate surface area is 127 Å². The van der Waals surface area contributed by atoms with Crippen molar-refractivity contribution in [2.24, 2.45) is 0 Å². The molecule has 2 rings (SSSR count). The number of hydrogen-bond donors (Lipinski definition) is 0. The molecule has 1 aliphatic heterocycles. The molecule has 0 N–H and O–H groups in total. The Morgan fingerprint density at radius 2 is 1.79 bits per heavy atom. The van der Waals surface area contributed by atoms with E-state index in [1.165, 1.54) is 4.31 Å². The molecule has 0 aromatic heterocycles. The first-order valence-corrected chi connectivity index (χ1v) is 9.02. The van der Waals surface area contributed by atoms with E-state index in [0.29, 0.717) is 13.1 Å². The second kappa shape index (κ2) is 6.54. The molecule has 106 valence electrons. The van der Waals surface area contributed by atoms with Gasteiger partial charge in [0, 0.05) is 38.1 Å². The molecular weight excluding hydrogens is 352 g/mol. The average molecular weight is 368 g/mol. The normalized spacial score (nSPS) is 18.6. The van der Waals surface area contributed by atoms with Crippen molar-refractivity contribution in [1.29, 1.82) is 0 Å². The van der Waals surface area contributed by atoms with Crippen LogP contribution in [0.2, 0.25) is 5.02 Å². The number of rotatable bonds is 4. The summed E-state index contributed by atoms with van der Waals surface area (Å²) in [7, 11) is -3.47.